The monoisotopic (exact) mass is 1090 g/mol. The smallest absolute Gasteiger partial charge is 0.332 e. The molecule has 21 heteroatoms. The largest absolute Gasteiger partial charge is 0.462 e. The third-order valence-corrected chi connectivity index (χ3v) is 16.5. The number of hydrogen-bond acceptors (Lipinski definition) is 19. The van der Waals surface area contributed by atoms with Crippen molar-refractivity contribution in [1.29, 1.82) is 0 Å². The van der Waals surface area contributed by atoms with Gasteiger partial charge in [0.25, 0.3) is 0 Å². The summed E-state index contributed by atoms with van der Waals surface area (Å²) in [6.07, 6.45) is 5.81. The van der Waals surface area contributed by atoms with Gasteiger partial charge >= 0.3 is 11.9 Å². The Morgan fingerprint density at radius 1 is 0.922 bits per heavy atom. The Balaban J connectivity index is 1.12. The molecular formula is C56H87N3O18. The zero-order valence-electron chi connectivity index (χ0n) is 46.9. The standard InChI is InChI=1S/C56H87N3O18/c1-11-32(2)50-35(5)17-18-55(77-50)29-41-26-40(76-55)16-15-34(4)49(74-47-28-44(65-10)52(38(8)72-47)75-46-27-43(64-9)48(61)37(7)71-46)33(3)13-12-14-39-30-70-53-51(36(6)25-42(54(62)73-41)56(39,53)63)69-31-45(60)68-24-23-67-22-21-66-20-19-58-59-57/h12-15,25,32-33,35,37-38,40-44,46-53,61,63H,11,16-24,26-31H2,1-10H3/b13-12+,34-15+,39-14+/t32-,33-,35-,37-,38-,40+,41-,42-,43-,44-,46-,47-,48-,49-,50+,51+,52-,53+,55+,56+/m0/s1. The fraction of sp³-hybridized carbons (Fsp3) is 0.821. The molecule has 0 amide bonds. The van der Waals surface area contributed by atoms with E-state index in [9.17, 15) is 19.8 Å². The number of allylic oxidation sites excluding steroid dienone is 2. The molecule has 6 heterocycles. The first-order valence-electron chi connectivity index (χ1n) is 27.9. The molecule has 0 saturated carbocycles. The number of hydrogen-bond donors (Lipinski definition) is 2. The lowest BCUT2D eigenvalue weighted by Gasteiger charge is -2.51. The van der Waals surface area contributed by atoms with Gasteiger partial charge in [-0.05, 0) is 74.6 Å². The number of aliphatic hydroxyl groups excluding tert-OH is 1. The highest BCUT2D eigenvalue weighted by Crippen LogP contribution is 2.49. The average molecular weight is 1090 g/mol. The van der Waals surface area contributed by atoms with Crippen LogP contribution in [-0.4, -0.2) is 186 Å². The van der Waals surface area contributed by atoms with Crippen LogP contribution in [0.4, 0.5) is 0 Å². The van der Waals surface area contributed by atoms with Crippen molar-refractivity contribution in [1.82, 2.24) is 0 Å². The molecule has 21 nitrogen and oxygen atoms in total. The fourth-order valence-corrected chi connectivity index (χ4v) is 12.0. The van der Waals surface area contributed by atoms with E-state index in [-0.39, 0.29) is 64.1 Å². The molecule has 0 aromatic heterocycles. The van der Waals surface area contributed by atoms with Gasteiger partial charge in [0.05, 0.1) is 75.8 Å². The minimum absolute atomic E-state index is 0.0254. The summed E-state index contributed by atoms with van der Waals surface area (Å²) in [4.78, 5) is 30.5. The number of carbonyl (C=O) groups is 2. The van der Waals surface area contributed by atoms with Crippen LogP contribution in [0, 0.1) is 23.7 Å². The molecule has 1 aliphatic carbocycles. The van der Waals surface area contributed by atoms with Gasteiger partial charge in [-0.2, -0.15) is 0 Å². The SMILES string of the molecule is CC[C@H](C)[C@H]1O[C@]2(CC[C@@H]1C)C[C@@H]1C[C@@H](C/C=C(\C)[C@@H](O[C@H]3C[C@H](OC)[C@@H](O[C@H]4C[C@H](OC)[C@@H](O)[C@H](C)O4)[C@H](C)O3)[C@@H](C)/C=C/C=C3\CO[C@@H]4[C@H](OCC(=O)OCCOCCOCCN=[N+]=[N-])C(C)=C[C@@H](C(=O)O1)[C@]34O)O2. The molecule has 0 radical (unpaired) electrons. The molecule has 0 unspecified atom stereocenters. The van der Waals surface area contributed by atoms with Crippen LogP contribution >= 0.6 is 0 Å². The molecule has 5 saturated heterocycles. The van der Waals surface area contributed by atoms with Crippen LogP contribution in [0.2, 0.25) is 0 Å². The summed E-state index contributed by atoms with van der Waals surface area (Å²) in [5, 5.41) is 27.1. The zero-order valence-corrected chi connectivity index (χ0v) is 46.9. The van der Waals surface area contributed by atoms with Gasteiger partial charge in [-0.25, -0.2) is 4.79 Å². The van der Waals surface area contributed by atoms with Crippen LogP contribution in [0.15, 0.2) is 52.2 Å². The van der Waals surface area contributed by atoms with Crippen LogP contribution < -0.4 is 0 Å². The third kappa shape index (κ3) is 15.2. The van der Waals surface area contributed by atoms with Gasteiger partial charge in [0, 0.05) is 63.7 Å². The van der Waals surface area contributed by atoms with Crippen molar-refractivity contribution < 1.29 is 86.1 Å². The van der Waals surface area contributed by atoms with Crippen molar-refractivity contribution >= 4 is 11.9 Å². The quantitative estimate of drug-likeness (QED) is 0.0329. The predicted molar refractivity (Wildman–Crippen MR) is 278 cm³/mol. The van der Waals surface area contributed by atoms with Crippen molar-refractivity contribution in [3.63, 3.8) is 0 Å². The van der Waals surface area contributed by atoms with E-state index >= 15 is 0 Å². The maximum atomic E-state index is 14.8. The average Bonchev–Trinajstić information content (AvgIpc) is 3.82. The van der Waals surface area contributed by atoms with Crippen molar-refractivity contribution in [3.8, 4) is 0 Å². The maximum absolute atomic E-state index is 14.8. The summed E-state index contributed by atoms with van der Waals surface area (Å²) >= 11 is 0. The highest BCUT2D eigenvalue weighted by Gasteiger charge is 2.61. The fourth-order valence-electron chi connectivity index (χ4n) is 12.0. The number of ether oxygens (including phenoxy) is 14. The molecule has 2 N–H and O–H groups in total. The van der Waals surface area contributed by atoms with Gasteiger partial charge in [-0.3, -0.25) is 4.79 Å². The van der Waals surface area contributed by atoms with E-state index in [1.165, 1.54) is 0 Å². The Hall–Kier alpha value is -3.35. The first kappa shape index (κ1) is 61.3. The zero-order chi connectivity index (χ0) is 55.4. The van der Waals surface area contributed by atoms with E-state index in [1.54, 1.807) is 40.2 Å². The van der Waals surface area contributed by atoms with E-state index in [0.29, 0.717) is 55.6 Å². The molecule has 1 spiro atoms. The highest BCUT2D eigenvalue weighted by atomic mass is 16.7. The van der Waals surface area contributed by atoms with E-state index in [2.05, 4.69) is 43.8 Å². The Morgan fingerprint density at radius 3 is 2.38 bits per heavy atom. The van der Waals surface area contributed by atoms with Crippen molar-refractivity contribution in [2.75, 3.05) is 67.0 Å². The van der Waals surface area contributed by atoms with Crippen LogP contribution in [0.3, 0.4) is 0 Å². The maximum Gasteiger partial charge on any atom is 0.332 e. The number of fused-ring (bicyclic) bond motifs is 2. The third-order valence-electron chi connectivity index (χ3n) is 16.5. The number of methoxy groups -OCH3 is 2. The molecule has 77 heavy (non-hydrogen) atoms. The Bertz CT molecular complexity index is 2120. The van der Waals surface area contributed by atoms with Gasteiger partial charge in [-0.1, -0.05) is 69.6 Å². The Morgan fingerprint density at radius 2 is 1.64 bits per heavy atom. The normalized spacial score (nSPS) is 41.8. The molecule has 0 aromatic rings. The van der Waals surface area contributed by atoms with E-state index < -0.39 is 116 Å². The minimum Gasteiger partial charge on any atom is -0.462 e. The number of azide groups is 1. The van der Waals surface area contributed by atoms with E-state index in [4.69, 9.17) is 71.8 Å². The molecular weight excluding hydrogens is 1000 g/mol. The van der Waals surface area contributed by atoms with E-state index in [1.807, 2.05) is 26.0 Å². The molecule has 6 aliphatic heterocycles. The van der Waals surface area contributed by atoms with Gasteiger partial charge < -0.3 is 76.5 Å². The van der Waals surface area contributed by atoms with Crippen molar-refractivity contribution in [3.05, 3.63) is 57.5 Å². The van der Waals surface area contributed by atoms with Crippen molar-refractivity contribution in [2.45, 2.75) is 204 Å². The summed E-state index contributed by atoms with van der Waals surface area (Å²) in [5.74, 6) is -3.10. The molecule has 7 rings (SSSR count). The van der Waals surface area contributed by atoms with Crippen LogP contribution in [0.5, 0.6) is 0 Å². The molecule has 7 aliphatic rings. The van der Waals surface area contributed by atoms with Crippen molar-refractivity contribution in [2.24, 2.45) is 28.8 Å². The molecule has 5 fully saturated rings. The predicted octanol–water partition coefficient (Wildman–Crippen LogP) is 6.51. The summed E-state index contributed by atoms with van der Waals surface area (Å²) in [6, 6.07) is 0. The molecule has 20 atom stereocenters. The second-order valence-electron chi connectivity index (χ2n) is 22.0. The number of aliphatic hydroxyl groups is 2. The first-order chi connectivity index (χ1) is 36.9. The van der Waals surface area contributed by atoms with Crippen LogP contribution in [0.25, 0.3) is 10.4 Å². The molecule has 434 valence electrons. The van der Waals surface area contributed by atoms with Crippen LogP contribution in [-0.2, 0) is 75.9 Å². The first-order valence-corrected chi connectivity index (χ1v) is 27.9. The van der Waals surface area contributed by atoms with E-state index in [0.717, 1.165) is 18.4 Å². The number of nitrogens with zero attached hydrogens (tertiary/aromatic N) is 3. The lowest BCUT2D eigenvalue weighted by Crippen LogP contribution is -2.59. The lowest BCUT2D eigenvalue weighted by atomic mass is 9.70. The van der Waals surface area contributed by atoms with Crippen LogP contribution in [0.1, 0.15) is 107 Å². The number of esters is 2. The highest BCUT2D eigenvalue weighted by molar-refractivity contribution is 5.78. The Labute approximate surface area is 454 Å². The lowest BCUT2D eigenvalue weighted by molar-refractivity contribution is -0.340. The summed E-state index contributed by atoms with van der Waals surface area (Å²) in [6.45, 7) is 16.8. The second kappa shape index (κ2) is 28.4. The van der Waals surface area contributed by atoms with Gasteiger partial charge in [-0.15, -0.1) is 0 Å². The topological polar surface area (TPSA) is 253 Å². The summed E-state index contributed by atoms with van der Waals surface area (Å²) < 4.78 is 87.1. The summed E-state index contributed by atoms with van der Waals surface area (Å²) in [7, 11) is 3.21. The molecule has 0 aromatic carbocycles. The van der Waals surface area contributed by atoms with Gasteiger partial charge in [0.15, 0.2) is 18.4 Å². The number of carbonyl (C=O) groups excluding carboxylic acids is 2. The van der Waals surface area contributed by atoms with Gasteiger partial charge in [0.1, 0.15) is 55.3 Å². The second-order valence-corrected chi connectivity index (χ2v) is 22.0. The number of rotatable bonds is 20. The molecule has 2 bridgehead atoms. The summed E-state index contributed by atoms with van der Waals surface area (Å²) in [5.41, 5.74) is 8.42. The van der Waals surface area contributed by atoms with Gasteiger partial charge in [0.2, 0.25) is 0 Å². The minimum atomic E-state index is -1.93. The Kier molecular flexibility index (Phi) is 22.6.